The van der Waals surface area contributed by atoms with E-state index in [9.17, 15) is 13.2 Å². The maximum absolute atomic E-state index is 12.3. The van der Waals surface area contributed by atoms with Gasteiger partial charge in [-0.2, -0.15) is 0 Å². The van der Waals surface area contributed by atoms with E-state index in [0.29, 0.717) is 16.9 Å². The molecule has 2 aromatic rings. The first-order chi connectivity index (χ1) is 11.3. The molecule has 0 saturated heterocycles. The second-order valence-corrected chi connectivity index (χ2v) is 7.66. The topological polar surface area (TPSA) is 78.5 Å². The largest absolute Gasteiger partial charge is 0.376 e. The molecular formula is C17H21N3O3S. The molecule has 0 fully saturated rings. The number of carbonyl (C=O) groups is 1. The summed E-state index contributed by atoms with van der Waals surface area (Å²) < 4.78 is 25.8. The van der Waals surface area contributed by atoms with Crippen molar-refractivity contribution in [2.75, 3.05) is 31.3 Å². The van der Waals surface area contributed by atoms with Crippen LogP contribution in [0.15, 0.2) is 53.4 Å². The van der Waals surface area contributed by atoms with E-state index in [1.165, 1.54) is 18.4 Å². The molecule has 0 heterocycles. The lowest BCUT2D eigenvalue weighted by molar-refractivity contribution is -0.114. The molecule has 2 rings (SSSR count). The molecular weight excluding hydrogens is 326 g/mol. The fraction of sp³-hybridized carbons (Fsp3) is 0.235. The van der Waals surface area contributed by atoms with Crippen LogP contribution in [0, 0.1) is 6.92 Å². The molecule has 0 radical (unpaired) electrons. The standard InChI is InChI=1S/C17H21N3O3S/c1-13-9-10-15(11-16(13)24(22,23)20(2)3)18-12-17(21)19-14-7-5-4-6-8-14/h4-11,18H,12H2,1-3H3,(H,19,21). The van der Waals surface area contributed by atoms with Gasteiger partial charge in [-0.25, -0.2) is 12.7 Å². The average molecular weight is 347 g/mol. The molecule has 0 aliphatic heterocycles. The lowest BCUT2D eigenvalue weighted by Crippen LogP contribution is -2.24. The summed E-state index contributed by atoms with van der Waals surface area (Å²) in [6.07, 6.45) is 0. The number of hydrogen-bond donors (Lipinski definition) is 2. The summed E-state index contributed by atoms with van der Waals surface area (Å²) in [6, 6.07) is 14.1. The molecule has 128 valence electrons. The number of aryl methyl sites for hydroxylation is 1. The second kappa shape index (κ2) is 7.46. The zero-order valence-corrected chi connectivity index (χ0v) is 14.7. The molecule has 6 nitrogen and oxygen atoms in total. The van der Waals surface area contributed by atoms with Gasteiger partial charge in [0.15, 0.2) is 0 Å². The van der Waals surface area contributed by atoms with Crippen LogP contribution < -0.4 is 10.6 Å². The monoisotopic (exact) mass is 347 g/mol. The average Bonchev–Trinajstić information content (AvgIpc) is 2.54. The molecule has 0 atom stereocenters. The number of anilines is 2. The van der Waals surface area contributed by atoms with Crippen molar-refractivity contribution in [2.24, 2.45) is 0 Å². The molecule has 0 aromatic heterocycles. The molecule has 2 N–H and O–H groups in total. The summed E-state index contributed by atoms with van der Waals surface area (Å²) in [5, 5.41) is 5.71. The third kappa shape index (κ3) is 4.33. The van der Waals surface area contributed by atoms with Crippen molar-refractivity contribution in [2.45, 2.75) is 11.8 Å². The Kier molecular flexibility index (Phi) is 5.58. The summed E-state index contributed by atoms with van der Waals surface area (Å²) in [6.45, 7) is 1.78. The summed E-state index contributed by atoms with van der Waals surface area (Å²) in [5.74, 6) is -0.209. The third-order valence-corrected chi connectivity index (χ3v) is 5.41. The fourth-order valence-electron chi connectivity index (χ4n) is 2.09. The van der Waals surface area contributed by atoms with E-state index in [2.05, 4.69) is 10.6 Å². The maximum atomic E-state index is 12.3. The van der Waals surface area contributed by atoms with Crippen LogP contribution in [0.2, 0.25) is 0 Å². The van der Waals surface area contributed by atoms with Crippen LogP contribution in [-0.4, -0.2) is 39.3 Å². The molecule has 2 aromatic carbocycles. The third-order valence-electron chi connectivity index (χ3n) is 3.46. The Morgan fingerprint density at radius 1 is 1.04 bits per heavy atom. The molecule has 0 aliphatic rings. The Balaban J connectivity index is 2.07. The van der Waals surface area contributed by atoms with Crippen LogP contribution in [0.1, 0.15) is 5.56 Å². The zero-order valence-electron chi connectivity index (χ0n) is 13.9. The highest BCUT2D eigenvalue weighted by atomic mass is 32.2. The second-order valence-electron chi connectivity index (χ2n) is 5.54. The summed E-state index contributed by atoms with van der Waals surface area (Å²) in [5.41, 5.74) is 1.94. The first-order valence-corrected chi connectivity index (χ1v) is 8.86. The van der Waals surface area contributed by atoms with Crippen molar-refractivity contribution in [1.82, 2.24) is 4.31 Å². The SMILES string of the molecule is Cc1ccc(NCC(=O)Nc2ccccc2)cc1S(=O)(=O)N(C)C. The zero-order chi connectivity index (χ0) is 17.7. The first-order valence-electron chi connectivity index (χ1n) is 7.42. The summed E-state index contributed by atoms with van der Waals surface area (Å²) in [4.78, 5) is 12.2. The van der Waals surface area contributed by atoms with Crippen LogP contribution in [0.3, 0.4) is 0 Å². The minimum atomic E-state index is -3.52. The van der Waals surface area contributed by atoms with Gasteiger partial charge in [-0.05, 0) is 36.8 Å². The van der Waals surface area contributed by atoms with Crippen molar-refractivity contribution in [1.29, 1.82) is 0 Å². The first kappa shape index (κ1) is 18.0. The highest BCUT2D eigenvalue weighted by molar-refractivity contribution is 7.89. The predicted octanol–water partition coefficient (Wildman–Crippen LogP) is 2.30. The Morgan fingerprint density at radius 2 is 1.71 bits per heavy atom. The summed E-state index contributed by atoms with van der Waals surface area (Å²) >= 11 is 0. The van der Waals surface area contributed by atoms with E-state index in [-0.39, 0.29) is 17.3 Å². The fourth-order valence-corrected chi connectivity index (χ4v) is 3.24. The van der Waals surface area contributed by atoms with Gasteiger partial charge >= 0.3 is 0 Å². The van der Waals surface area contributed by atoms with Crippen molar-refractivity contribution >= 4 is 27.3 Å². The number of para-hydroxylation sites is 1. The minimum absolute atomic E-state index is 0.0411. The molecule has 0 spiro atoms. The van der Waals surface area contributed by atoms with E-state index in [4.69, 9.17) is 0 Å². The molecule has 0 bridgehead atoms. The van der Waals surface area contributed by atoms with Gasteiger partial charge in [0.05, 0.1) is 11.4 Å². The van der Waals surface area contributed by atoms with E-state index in [1.54, 1.807) is 37.3 Å². The van der Waals surface area contributed by atoms with Crippen molar-refractivity contribution in [3.8, 4) is 0 Å². The Morgan fingerprint density at radius 3 is 2.33 bits per heavy atom. The molecule has 0 saturated carbocycles. The highest BCUT2D eigenvalue weighted by Gasteiger charge is 2.20. The minimum Gasteiger partial charge on any atom is -0.376 e. The number of nitrogens with one attached hydrogen (secondary N) is 2. The van der Waals surface area contributed by atoms with Crippen LogP contribution in [-0.2, 0) is 14.8 Å². The lowest BCUT2D eigenvalue weighted by atomic mass is 10.2. The van der Waals surface area contributed by atoms with E-state index in [1.807, 2.05) is 18.2 Å². The number of nitrogens with zero attached hydrogens (tertiary/aromatic N) is 1. The molecule has 24 heavy (non-hydrogen) atoms. The number of benzene rings is 2. The number of sulfonamides is 1. The van der Waals surface area contributed by atoms with Gasteiger partial charge in [0.2, 0.25) is 15.9 Å². The normalized spacial score (nSPS) is 11.3. The number of carbonyl (C=O) groups excluding carboxylic acids is 1. The van der Waals surface area contributed by atoms with Gasteiger partial charge in [0, 0.05) is 25.5 Å². The van der Waals surface area contributed by atoms with Gasteiger partial charge < -0.3 is 10.6 Å². The quantitative estimate of drug-likeness (QED) is 0.840. The predicted molar refractivity (Wildman–Crippen MR) is 95.6 cm³/mol. The molecule has 1 amide bonds. The van der Waals surface area contributed by atoms with E-state index >= 15 is 0 Å². The highest BCUT2D eigenvalue weighted by Crippen LogP contribution is 2.22. The van der Waals surface area contributed by atoms with E-state index in [0.717, 1.165) is 0 Å². The maximum Gasteiger partial charge on any atom is 0.243 e. The van der Waals surface area contributed by atoms with Crippen molar-refractivity contribution < 1.29 is 13.2 Å². The molecule has 0 aliphatic carbocycles. The smallest absolute Gasteiger partial charge is 0.243 e. The Hall–Kier alpha value is -2.38. The molecule has 0 unspecified atom stereocenters. The van der Waals surface area contributed by atoms with Gasteiger partial charge in [-0.3, -0.25) is 4.79 Å². The van der Waals surface area contributed by atoms with Crippen LogP contribution in [0.25, 0.3) is 0 Å². The lowest BCUT2D eigenvalue weighted by Gasteiger charge is -2.15. The molecule has 7 heteroatoms. The van der Waals surface area contributed by atoms with Gasteiger partial charge in [0.1, 0.15) is 0 Å². The summed E-state index contributed by atoms with van der Waals surface area (Å²) in [7, 11) is -0.548. The Bertz CT molecular complexity index is 818. The number of hydrogen-bond acceptors (Lipinski definition) is 4. The van der Waals surface area contributed by atoms with Crippen LogP contribution in [0.4, 0.5) is 11.4 Å². The van der Waals surface area contributed by atoms with Gasteiger partial charge in [0.25, 0.3) is 0 Å². The number of rotatable bonds is 6. The number of amides is 1. The van der Waals surface area contributed by atoms with Crippen LogP contribution >= 0.6 is 0 Å². The Labute approximate surface area is 142 Å². The van der Waals surface area contributed by atoms with Crippen molar-refractivity contribution in [3.05, 3.63) is 54.1 Å². The van der Waals surface area contributed by atoms with Crippen molar-refractivity contribution in [3.63, 3.8) is 0 Å². The van der Waals surface area contributed by atoms with Gasteiger partial charge in [-0.15, -0.1) is 0 Å². The van der Waals surface area contributed by atoms with Gasteiger partial charge in [-0.1, -0.05) is 24.3 Å². The van der Waals surface area contributed by atoms with E-state index < -0.39 is 10.0 Å². The van der Waals surface area contributed by atoms with Crippen LogP contribution in [0.5, 0.6) is 0 Å².